The van der Waals surface area contributed by atoms with Gasteiger partial charge in [-0.1, -0.05) is 18.2 Å². The van der Waals surface area contributed by atoms with Gasteiger partial charge in [0, 0.05) is 5.56 Å². The van der Waals surface area contributed by atoms with Crippen molar-refractivity contribution in [2.45, 2.75) is 6.92 Å². The lowest BCUT2D eigenvalue weighted by atomic mass is 10.1. The minimum absolute atomic E-state index is 0.153. The van der Waals surface area contributed by atoms with Gasteiger partial charge in [0.2, 0.25) is 0 Å². The van der Waals surface area contributed by atoms with Gasteiger partial charge >= 0.3 is 0 Å². The molecule has 0 aliphatic heterocycles. The Balaban J connectivity index is 3.03. The van der Waals surface area contributed by atoms with Crippen LogP contribution in [0.25, 0.3) is 0 Å². The van der Waals surface area contributed by atoms with E-state index in [-0.39, 0.29) is 5.75 Å². The summed E-state index contributed by atoms with van der Waals surface area (Å²) in [6.45, 7) is 1.84. The maximum atomic E-state index is 9.33. The zero-order valence-electron chi connectivity index (χ0n) is 6.91. The van der Waals surface area contributed by atoms with Crippen molar-refractivity contribution in [2.75, 3.05) is 0 Å². The monoisotopic (exact) mass is 161 g/mol. The van der Waals surface area contributed by atoms with Crippen LogP contribution < -0.4 is 0 Å². The van der Waals surface area contributed by atoms with Crippen LogP contribution in [-0.2, 0) is 0 Å². The molecule has 2 N–H and O–H groups in total. The summed E-state index contributed by atoms with van der Waals surface area (Å²) in [6, 6.07) is 6.83. The molecule has 1 aromatic carbocycles. The lowest BCUT2D eigenvalue weighted by Gasteiger charge is -2.00. The third kappa shape index (κ3) is 1.72. The van der Waals surface area contributed by atoms with Crippen molar-refractivity contribution in [3.05, 3.63) is 42.0 Å². The number of hydrogen-bond donors (Lipinski definition) is 2. The molecule has 1 rings (SSSR count). The standard InChI is InChI=1S/C10H11NO/c1-2-5-9(11)8-6-3-4-7-10(8)12/h2-7,11-12H,1H3/b5-2-,11-9?. The van der Waals surface area contributed by atoms with E-state index >= 15 is 0 Å². The minimum Gasteiger partial charge on any atom is -0.507 e. The summed E-state index contributed by atoms with van der Waals surface area (Å²) in [5.41, 5.74) is 0.895. The van der Waals surface area contributed by atoms with Gasteiger partial charge in [-0.3, -0.25) is 0 Å². The number of nitrogens with one attached hydrogen (secondary N) is 1. The first-order valence-corrected chi connectivity index (χ1v) is 3.75. The summed E-state index contributed by atoms with van der Waals surface area (Å²) < 4.78 is 0. The molecule has 0 aliphatic rings. The number of aromatic hydroxyl groups is 1. The molecule has 0 saturated heterocycles. The molecule has 0 unspecified atom stereocenters. The molecule has 1 aromatic rings. The van der Waals surface area contributed by atoms with Crippen molar-refractivity contribution in [1.29, 1.82) is 5.41 Å². The van der Waals surface area contributed by atoms with E-state index in [1.807, 2.05) is 6.92 Å². The van der Waals surface area contributed by atoms with Crippen LogP contribution in [0.4, 0.5) is 0 Å². The largest absolute Gasteiger partial charge is 0.507 e. The van der Waals surface area contributed by atoms with Crippen LogP contribution in [0.15, 0.2) is 36.4 Å². The Kier molecular flexibility index (Phi) is 2.64. The number of para-hydroxylation sites is 1. The fourth-order valence-corrected chi connectivity index (χ4v) is 0.958. The van der Waals surface area contributed by atoms with Gasteiger partial charge in [-0.05, 0) is 25.1 Å². The van der Waals surface area contributed by atoms with E-state index in [4.69, 9.17) is 5.41 Å². The molecule has 0 fully saturated rings. The van der Waals surface area contributed by atoms with Crippen LogP contribution in [0.2, 0.25) is 0 Å². The van der Waals surface area contributed by atoms with Crippen molar-refractivity contribution in [1.82, 2.24) is 0 Å². The fourth-order valence-electron chi connectivity index (χ4n) is 0.958. The first kappa shape index (κ1) is 8.53. The number of hydrogen-bond acceptors (Lipinski definition) is 2. The molecular formula is C10H11NO. The fraction of sp³-hybridized carbons (Fsp3) is 0.100. The molecule has 0 amide bonds. The zero-order chi connectivity index (χ0) is 8.97. The van der Waals surface area contributed by atoms with Gasteiger partial charge in [-0.25, -0.2) is 0 Å². The predicted molar refractivity (Wildman–Crippen MR) is 49.7 cm³/mol. The summed E-state index contributed by atoms with van der Waals surface area (Å²) in [4.78, 5) is 0. The zero-order valence-corrected chi connectivity index (χ0v) is 6.91. The number of allylic oxidation sites excluding steroid dienone is 2. The molecule has 0 radical (unpaired) electrons. The average molecular weight is 161 g/mol. The molecule has 0 aromatic heterocycles. The molecule has 0 bridgehead atoms. The topological polar surface area (TPSA) is 44.1 Å². The van der Waals surface area contributed by atoms with Gasteiger partial charge in [0.25, 0.3) is 0 Å². The highest BCUT2D eigenvalue weighted by Crippen LogP contribution is 2.16. The van der Waals surface area contributed by atoms with E-state index in [2.05, 4.69) is 0 Å². The van der Waals surface area contributed by atoms with Crippen LogP contribution in [0.1, 0.15) is 12.5 Å². The van der Waals surface area contributed by atoms with Crippen LogP contribution >= 0.6 is 0 Å². The van der Waals surface area contributed by atoms with Crippen LogP contribution in [-0.4, -0.2) is 10.8 Å². The Hall–Kier alpha value is -1.57. The van der Waals surface area contributed by atoms with Crippen LogP contribution in [0, 0.1) is 5.41 Å². The minimum atomic E-state index is 0.153. The second-order valence-electron chi connectivity index (χ2n) is 2.43. The number of phenolic OH excluding ortho intramolecular Hbond substituents is 1. The molecule has 0 saturated carbocycles. The molecule has 0 atom stereocenters. The first-order chi connectivity index (χ1) is 5.75. The third-order valence-electron chi connectivity index (χ3n) is 1.53. The van der Waals surface area contributed by atoms with Crippen molar-refractivity contribution >= 4 is 5.71 Å². The Morgan fingerprint density at radius 2 is 2.08 bits per heavy atom. The van der Waals surface area contributed by atoms with Gasteiger partial charge in [0.05, 0.1) is 5.71 Å². The van der Waals surface area contributed by atoms with Crippen LogP contribution in [0.5, 0.6) is 5.75 Å². The highest BCUT2D eigenvalue weighted by Gasteiger charge is 2.01. The van der Waals surface area contributed by atoms with Gasteiger partial charge < -0.3 is 10.5 Å². The van der Waals surface area contributed by atoms with Crippen LogP contribution in [0.3, 0.4) is 0 Å². The molecule has 0 heterocycles. The lowest BCUT2D eigenvalue weighted by molar-refractivity contribution is 0.474. The second-order valence-corrected chi connectivity index (χ2v) is 2.43. The predicted octanol–water partition coefficient (Wildman–Crippen LogP) is 2.34. The third-order valence-corrected chi connectivity index (χ3v) is 1.53. The van der Waals surface area contributed by atoms with E-state index in [9.17, 15) is 5.11 Å². The average Bonchev–Trinajstić information content (AvgIpc) is 2.05. The number of phenols is 1. The van der Waals surface area contributed by atoms with Crippen molar-refractivity contribution in [2.24, 2.45) is 0 Å². The summed E-state index contributed by atoms with van der Waals surface area (Å²) in [5.74, 6) is 0.153. The van der Waals surface area contributed by atoms with E-state index < -0.39 is 0 Å². The van der Waals surface area contributed by atoms with Crippen molar-refractivity contribution in [3.8, 4) is 5.75 Å². The molecule has 2 heteroatoms. The summed E-state index contributed by atoms with van der Waals surface area (Å²) in [6.07, 6.45) is 3.42. The highest BCUT2D eigenvalue weighted by atomic mass is 16.3. The normalized spacial score (nSPS) is 10.4. The van der Waals surface area contributed by atoms with E-state index in [0.29, 0.717) is 11.3 Å². The maximum Gasteiger partial charge on any atom is 0.124 e. The summed E-state index contributed by atoms with van der Waals surface area (Å²) in [7, 11) is 0. The Bertz CT molecular complexity index is 315. The molecule has 0 spiro atoms. The van der Waals surface area contributed by atoms with E-state index in [1.165, 1.54) is 0 Å². The molecular weight excluding hydrogens is 150 g/mol. The maximum absolute atomic E-state index is 9.33. The molecule has 12 heavy (non-hydrogen) atoms. The molecule has 62 valence electrons. The smallest absolute Gasteiger partial charge is 0.124 e. The van der Waals surface area contributed by atoms with E-state index in [1.54, 1.807) is 36.4 Å². The first-order valence-electron chi connectivity index (χ1n) is 3.75. The Morgan fingerprint density at radius 3 is 2.67 bits per heavy atom. The van der Waals surface area contributed by atoms with Gasteiger partial charge in [-0.15, -0.1) is 0 Å². The number of rotatable bonds is 2. The van der Waals surface area contributed by atoms with Gasteiger partial charge in [0.15, 0.2) is 0 Å². The molecule has 0 aliphatic carbocycles. The van der Waals surface area contributed by atoms with E-state index in [0.717, 1.165) is 0 Å². The second kappa shape index (κ2) is 3.72. The lowest BCUT2D eigenvalue weighted by Crippen LogP contribution is -1.93. The number of benzene rings is 1. The highest BCUT2D eigenvalue weighted by molar-refractivity contribution is 6.08. The summed E-state index contributed by atoms with van der Waals surface area (Å²) >= 11 is 0. The van der Waals surface area contributed by atoms with Crippen molar-refractivity contribution in [3.63, 3.8) is 0 Å². The molecule has 2 nitrogen and oxygen atoms in total. The van der Waals surface area contributed by atoms with Gasteiger partial charge in [0.1, 0.15) is 5.75 Å². The Morgan fingerprint density at radius 1 is 1.42 bits per heavy atom. The van der Waals surface area contributed by atoms with Crippen molar-refractivity contribution < 1.29 is 5.11 Å². The summed E-state index contributed by atoms with van der Waals surface area (Å²) in [5, 5.41) is 16.9. The quantitative estimate of drug-likeness (QED) is 0.642. The van der Waals surface area contributed by atoms with Gasteiger partial charge in [-0.2, -0.15) is 0 Å². The SMILES string of the molecule is C/C=C\C(=N)c1ccccc1O. The Labute approximate surface area is 71.7 Å².